The van der Waals surface area contributed by atoms with Crippen molar-refractivity contribution in [2.45, 2.75) is 13.8 Å². The molecule has 0 aliphatic carbocycles. The van der Waals surface area contributed by atoms with Gasteiger partial charge >= 0.3 is 0 Å². The maximum atomic E-state index is 13.5. The molecule has 78 valence electrons. The molecule has 0 radical (unpaired) electrons. The minimum absolute atomic E-state index is 0.297. The van der Waals surface area contributed by atoms with E-state index in [1.807, 2.05) is 14.0 Å². The second-order valence-electron chi connectivity index (χ2n) is 3.36. The third kappa shape index (κ3) is 1.60. The van der Waals surface area contributed by atoms with E-state index in [1.165, 1.54) is 6.20 Å². The zero-order valence-corrected chi connectivity index (χ0v) is 8.82. The van der Waals surface area contributed by atoms with Crippen molar-refractivity contribution in [1.82, 2.24) is 19.5 Å². The lowest BCUT2D eigenvalue weighted by Gasteiger charge is -2.04. The van der Waals surface area contributed by atoms with Crippen molar-refractivity contribution < 1.29 is 4.39 Å². The summed E-state index contributed by atoms with van der Waals surface area (Å²) >= 11 is 0. The van der Waals surface area contributed by atoms with Gasteiger partial charge in [0.15, 0.2) is 5.82 Å². The highest BCUT2D eigenvalue weighted by molar-refractivity contribution is 5.54. The average molecular weight is 206 g/mol. The summed E-state index contributed by atoms with van der Waals surface area (Å²) in [6, 6.07) is 0. The summed E-state index contributed by atoms with van der Waals surface area (Å²) in [5.74, 6) is 0.939. The first-order valence-corrected chi connectivity index (χ1v) is 4.57. The molecule has 0 saturated carbocycles. The Morgan fingerprint density at radius 3 is 2.53 bits per heavy atom. The van der Waals surface area contributed by atoms with Crippen LogP contribution in [0.4, 0.5) is 4.39 Å². The van der Waals surface area contributed by atoms with E-state index in [0.717, 1.165) is 5.82 Å². The normalized spacial score (nSPS) is 10.7. The van der Waals surface area contributed by atoms with Crippen molar-refractivity contribution in [2.75, 3.05) is 0 Å². The summed E-state index contributed by atoms with van der Waals surface area (Å²) in [5, 5.41) is 0. The first-order chi connectivity index (χ1) is 7.09. The minimum Gasteiger partial charge on any atom is -0.330 e. The zero-order chi connectivity index (χ0) is 11.0. The third-order valence-electron chi connectivity index (χ3n) is 2.33. The van der Waals surface area contributed by atoms with Gasteiger partial charge < -0.3 is 4.57 Å². The quantitative estimate of drug-likeness (QED) is 0.712. The van der Waals surface area contributed by atoms with Gasteiger partial charge in [0.05, 0.1) is 18.1 Å². The van der Waals surface area contributed by atoms with Gasteiger partial charge in [0.1, 0.15) is 17.3 Å². The Bertz CT molecular complexity index is 504. The highest BCUT2D eigenvalue weighted by Gasteiger charge is 2.12. The largest absolute Gasteiger partial charge is 0.330 e. The van der Waals surface area contributed by atoms with Gasteiger partial charge in [-0.1, -0.05) is 0 Å². The maximum Gasteiger partial charge on any atom is 0.169 e. The molecule has 5 heteroatoms. The van der Waals surface area contributed by atoms with Gasteiger partial charge in [-0.05, 0) is 13.8 Å². The summed E-state index contributed by atoms with van der Waals surface area (Å²) < 4.78 is 15.3. The SMILES string of the molecule is Cc1ncc(F)c(-c2cnc(C)n2C)n1. The van der Waals surface area contributed by atoms with Crippen molar-refractivity contribution in [3.63, 3.8) is 0 Å². The van der Waals surface area contributed by atoms with Crippen LogP contribution in [0.25, 0.3) is 11.4 Å². The molecule has 0 atom stereocenters. The predicted octanol–water partition coefficient (Wildman–Crippen LogP) is 1.63. The maximum absolute atomic E-state index is 13.5. The number of hydrogen-bond donors (Lipinski definition) is 0. The molecule has 2 aromatic rings. The number of nitrogens with zero attached hydrogens (tertiary/aromatic N) is 4. The van der Waals surface area contributed by atoms with Crippen LogP contribution in [0.2, 0.25) is 0 Å². The second-order valence-corrected chi connectivity index (χ2v) is 3.36. The molecule has 2 rings (SSSR count). The Labute approximate surface area is 86.8 Å². The van der Waals surface area contributed by atoms with Crippen molar-refractivity contribution in [2.24, 2.45) is 7.05 Å². The molecule has 0 aliphatic rings. The summed E-state index contributed by atoms with van der Waals surface area (Å²) in [6.45, 7) is 3.58. The molecular formula is C10H11FN4. The fourth-order valence-corrected chi connectivity index (χ4v) is 1.36. The van der Waals surface area contributed by atoms with Gasteiger partial charge in [0.25, 0.3) is 0 Å². The zero-order valence-electron chi connectivity index (χ0n) is 8.82. The van der Waals surface area contributed by atoms with E-state index < -0.39 is 5.82 Å². The molecule has 0 aromatic carbocycles. The van der Waals surface area contributed by atoms with Crippen LogP contribution in [-0.2, 0) is 7.05 Å². The molecule has 0 N–H and O–H groups in total. The van der Waals surface area contributed by atoms with Crippen LogP contribution in [0.5, 0.6) is 0 Å². The number of rotatable bonds is 1. The second kappa shape index (κ2) is 3.42. The highest BCUT2D eigenvalue weighted by Crippen LogP contribution is 2.19. The lowest BCUT2D eigenvalue weighted by molar-refractivity contribution is 0.613. The van der Waals surface area contributed by atoms with Crippen molar-refractivity contribution >= 4 is 0 Å². The predicted molar refractivity (Wildman–Crippen MR) is 53.7 cm³/mol. The highest BCUT2D eigenvalue weighted by atomic mass is 19.1. The lowest BCUT2D eigenvalue weighted by atomic mass is 10.3. The van der Waals surface area contributed by atoms with E-state index in [2.05, 4.69) is 15.0 Å². The standard InChI is InChI=1S/C10H11FN4/c1-6-12-4-8(11)10(14-6)9-5-13-7(2)15(9)3/h4-5H,1-3H3. The molecule has 2 aromatic heterocycles. The molecule has 0 aliphatic heterocycles. The van der Waals surface area contributed by atoms with E-state index in [0.29, 0.717) is 17.2 Å². The molecular weight excluding hydrogens is 195 g/mol. The summed E-state index contributed by atoms with van der Waals surface area (Å²) in [6.07, 6.45) is 2.79. The van der Waals surface area contributed by atoms with Crippen LogP contribution >= 0.6 is 0 Å². The minimum atomic E-state index is -0.427. The molecule has 15 heavy (non-hydrogen) atoms. The van der Waals surface area contributed by atoms with Crippen LogP contribution in [0.3, 0.4) is 0 Å². The Balaban J connectivity index is 2.63. The molecule has 0 fully saturated rings. The van der Waals surface area contributed by atoms with Gasteiger partial charge in [0.2, 0.25) is 0 Å². The molecule has 2 heterocycles. The van der Waals surface area contributed by atoms with Gasteiger partial charge in [0, 0.05) is 7.05 Å². The van der Waals surface area contributed by atoms with E-state index in [4.69, 9.17) is 0 Å². The Morgan fingerprint density at radius 2 is 1.93 bits per heavy atom. The van der Waals surface area contributed by atoms with Crippen molar-refractivity contribution in [3.8, 4) is 11.4 Å². The number of aromatic nitrogens is 4. The molecule has 0 saturated heterocycles. The molecule has 4 nitrogen and oxygen atoms in total. The smallest absolute Gasteiger partial charge is 0.169 e. The average Bonchev–Trinajstić information content (AvgIpc) is 2.52. The van der Waals surface area contributed by atoms with Crippen LogP contribution < -0.4 is 0 Å². The van der Waals surface area contributed by atoms with Gasteiger partial charge in [-0.3, -0.25) is 0 Å². The summed E-state index contributed by atoms with van der Waals surface area (Å²) in [4.78, 5) is 12.0. The first kappa shape index (κ1) is 9.76. The Kier molecular flexibility index (Phi) is 2.22. The Hall–Kier alpha value is -1.78. The fourth-order valence-electron chi connectivity index (χ4n) is 1.36. The first-order valence-electron chi connectivity index (χ1n) is 4.57. The van der Waals surface area contributed by atoms with E-state index in [-0.39, 0.29) is 0 Å². The molecule has 0 amide bonds. The van der Waals surface area contributed by atoms with E-state index >= 15 is 0 Å². The van der Waals surface area contributed by atoms with Crippen LogP contribution in [0.15, 0.2) is 12.4 Å². The fraction of sp³-hybridized carbons (Fsp3) is 0.300. The molecule has 0 spiro atoms. The van der Waals surface area contributed by atoms with Crippen LogP contribution in [0, 0.1) is 19.7 Å². The van der Waals surface area contributed by atoms with Crippen molar-refractivity contribution in [1.29, 1.82) is 0 Å². The number of imidazole rings is 1. The molecule has 0 bridgehead atoms. The topological polar surface area (TPSA) is 43.6 Å². The molecule has 0 unspecified atom stereocenters. The summed E-state index contributed by atoms with van der Waals surface area (Å²) in [5.41, 5.74) is 0.959. The van der Waals surface area contributed by atoms with Gasteiger partial charge in [-0.2, -0.15) is 0 Å². The monoisotopic (exact) mass is 206 g/mol. The van der Waals surface area contributed by atoms with Crippen LogP contribution in [-0.4, -0.2) is 19.5 Å². The summed E-state index contributed by atoms with van der Waals surface area (Å²) in [7, 11) is 1.83. The lowest BCUT2D eigenvalue weighted by Crippen LogP contribution is -2.00. The van der Waals surface area contributed by atoms with Gasteiger partial charge in [-0.25, -0.2) is 19.3 Å². The van der Waals surface area contributed by atoms with E-state index in [1.54, 1.807) is 17.7 Å². The van der Waals surface area contributed by atoms with Gasteiger partial charge in [-0.15, -0.1) is 0 Å². The number of aryl methyl sites for hydroxylation is 2. The Morgan fingerprint density at radius 1 is 1.20 bits per heavy atom. The third-order valence-corrected chi connectivity index (χ3v) is 2.33. The number of hydrogen-bond acceptors (Lipinski definition) is 3. The van der Waals surface area contributed by atoms with Crippen LogP contribution in [0.1, 0.15) is 11.6 Å². The van der Waals surface area contributed by atoms with E-state index in [9.17, 15) is 4.39 Å². The number of halogens is 1. The van der Waals surface area contributed by atoms with Crippen molar-refractivity contribution in [3.05, 3.63) is 29.9 Å².